The van der Waals surface area contributed by atoms with Gasteiger partial charge in [-0.2, -0.15) is 0 Å². The van der Waals surface area contributed by atoms with E-state index >= 15 is 0 Å². The van der Waals surface area contributed by atoms with Gasteiger partial charge in [0.2, 0.25) is 5.76 Å². The zero-order chi connectivity index (χ0) is 18.3. The molecule has 2 heterocycles. The van der Waals surface area contributed by atoms with Crippen molar-refractivity contribution in [2.24, 2.45) is 0 Å². The average Bonchev–Trinajstić information content (AvgIpc) is 2.93. The van der Waals surface area contributed by atoms with Crippen LogP contribution in [0.15, 0.2) is 57.7 Å². The third-order valence-electron chi connectivity index (χ3n) is 4.60. The van der Waals surface area contributed by atoms with E-state index in [2.05, 4.69) is 0 Å². The van der Waals surface area contributed by atoms with Crippen LogP contribution in [0.3, 0.4) is 0 Å². The van der Waals surface area contributed by atoms with Crippen LogP contribution in [-0.4, -0.2) is 31.1 Å². The number of hydrogen-bond donors (Lipinski definition) is 0. The number of fused-ring (bicyclic) bond motifs is 2. The minimum Gasteiger partial charge on any atom is -0.450 e. The molecule has 1 amide bonds. The van der Waals surface area contributed by atoms with E-state index in [-0.39, 0.29) is 35.0 Å². The summed E-state index contributed by atoms with van der Waals surface area (Å²) in [5.41, 5.74) is 1.06. The number of carbonyl (C=O) groups excluding carboxylic acids is 1. The Labute approximate surface area is 148 Å². The predicted octanol–water partition coefficient (Wildman–Crippen LogP) is 3.12. The molecule has 0 radical (unpaired) electrons. The highest BCUT2D eigenvalue weighted by molar-refractivity contribution is 5.99. The van der Waals surface area contributed by atoms with Gasteiger partial charge in [0.1, 0.15) is 11.4 Å². The Bertz CT molecular complexity index is 1040. The molecule has 132 valence electrons. The zero-order valence-electron chi connectivity index (χ0n) is 14.1. The summed E-state index contributed by atoms with van der Waals surface area (Å²) in [7, 11) is 1.54. The maximum Gasteiger partial charge on any atom is 0.290 e. The van der Waals surface area contributed by atoms with E-state index in [1.54, 1.807) is 36.4 Å². The predicted molar refractivity (Wildman–Crippen MR) is 93.6 cm³/mol. The molecule has 0 saturated heterocycles. The van der Waals surface area contributed by atoms with Gasteiger partial charge in [-0.25, -0.2) is 4.39 Å². The summed E-state index contributed by atoms with van der Waals surface area (Å²) in [6, 6.07) is 12.0. The van der Waals surface area contributed by atoms with E-state index < -0.39 is 6.04 Å². The molecular weight excluding hydrogens is 337 g/mol. The van der Waals surface area contributed by atoms with E-state index in [0.29, 0.717) is 23.1 Å². The van der Waals surface area contributed by atoms with Crippen molar-refractivity contribution in [3.63, 3.8) is 0 Å². The molecule has 0 fully saturated rings. The van der Waals surface area contributed by atoms with Gasteiger partial charge in [0, 0.05) is 13.7 Å². The van der Waals surface area contributed by atoms with E-state index in [9.17, 15) is 14.0 Å². The monoisotopic (exact) mass is 353 g/mol. The molecule has 5 nitrogen and oxygen atoms in total. The maximum atomic E-state index is 13.4. The van der Waals surface area contributed by atoms with Crippen molar-refractivity contribution >= 4 is 16.9 Å². The number of para-hydroxylation sites is 1. The van der Waals surface area contributed by atoms with Crippen molar-refractivity contribution < 1.29 is 18.3 Å². The van der Waals surface area contributed by atoms with Gasteiger partial charge in [0.25, 0.3) is 5.91 Å². The SMILES string of the molecule is COCCN1C(=O)c2oc3ccccc3c(=O)c2[C@H]1c1ccc(F)cc1. The number of halogens is 1. The van der Waals surface area contributed by atoms with Gasteiger partial charge in [0.15, 0.2) is 5.43 Å². The van der Waals surface area contributed by atoms with Crippen LogP contribution in [0.25, 0.3) is 11.0 Å². The second kappa shape index (κ2) is 6.38. The van der Waals surface area contributed by atoms with Crippen LogP contribution in [0.1, 0.15) is 27.7 Å². The molecular formula is C20H16FNO4. The minimum absolute atomic E-state index is 0.0409. The van der Waals surface area contributed by atoms with E-state index in [1.165, 1.54) is 24.1 Å². The minimum atomic E-state index is -0.630. The lowest BCUT2D eigenvalue weighted by Crippen LogP contribution is -2.32. The molecule has 0 N–H and O–H groups in total. The van der Waals surface area contributed by atoms with Gasteiger partial charge < -0.3 is 14.1 Å². The smallest absolute Gasteiger partial charge is 0.290 e. The number of methoxy groups -OCH3 is 1. The number of hydrogen-bond acceptors (Lipinski definition) is 4. The molecule has 0 spiro atoms. The first kappa shape index (κ1) is 16.5. The molecule has 0 bridgehead atoms. The Hall–Kier alpha value is -2.99. The Morgan fingerprint density at radius 3 is 2.58 bits per heavy atom. The highest BCUT2D eigenvalue weighted by atomic mass is 19.1. The van der Waals surface area contributed by atoms with Crippen LogP contribution in [0.5, 0.6) is 0 Å². The fourth-order valence-electron chi connectivity index (χ4n) is 3.38. The number of carbonyl (C=O) groups is 1. The molecule has 4 rings (SSSR count). The molecule has 2 aromatic carbocycles. The number of ether oxygens (including phenoxy) is 1. The standard InChI is InChI=1S/C20H16FNO4/c1-25-11-10-22-17(12-6-8-13(21)9-7-12)16-18(23)14-4-2-3-5-15(14)26-19(16)20(22)24/h2-9,17H,10-11H2,1H3/t17-/m1/s1. The lowest BCUT2D eigenvalue weighted by molar-refractivity contribution is 0.0663. The van der Waals surface area contributed by atoms with Crippen LogP contribution < -0.4 is 5.43 Å². The van der Waals surface area contributed by atoms with Gasteiger partial charge in [0.05, 0.1) is 23.6 Å². The summed E-state index contributed by atoms with van der Waals surface area (Å²) in [5, 5.41) is 0.416. The van der Waals surface area contributed by atoms with Crippen LogP contribution >= 0.6 is 0 Å². The van der Waals surface area contributed by atoms with Crippen molar-refractivity contribution in [1.82, 2.24) is 4.90 Å². The third kappa shape index (κ3) is 2.50. The van der Waals surface area contributed by atoms with Crippen molar-refractivity contribution in [1.29, 1.82) is 0 Å². The Morgan fingerprint density at radius 2 is 1.85 bits per heavy atom. The second-order valence-electron chi connectivity index (χ2n) is 6.12. The normalized spacial score (nSPS) is 16.3. The van der Waals surface area contributed by atoms with Gasteiger partial charge in [-0.1, -0.05) is 24.3 Å². The van der Waals surface area contributed by atoms with Gasteiger partial charge in [-0.05, 0) is 29.8 Å². The molecule has 1 atom stereocenters. The summed E-state index contributed by atoms with van der Waals surface area (Å²) >= 11 is 0. The van der Waals surface area contributed by atoms with Crippen LogP contribution in [0, 0.1) is 5.82 Å². The van der Waals surface area contributed by atoms with E-state index in [4.69, 9.17) is 9.15 Å². The van der Waals surface area contributed by atoms with Gasteiger partial charge >= 0.3 is 0 Å². The molecule has 6 heteroatoms. The molecule has 0 aliphatic carbocycles. The molecule has 3 aromatic rings. The number of nitrogens with zero attached hydrogens (tertiary/aromatic N) is 1. The quantitative estimate of drug-likeness (QED) is 0.723. The maximum absolute atomic E-state index is 13.4. The van der Waals surface area contributed by atoms with E-state index in [0.717, 1.165) is 0 Å². The lowest BCUT2D eigenvalue weighted by atomic mass is 9.98. The summed E-state index contributed by atoms with van der Waals surface area (Å²) in [6.45, 7) is 0.600. The summed E-state index contributed by atoms with van der Waals surface area (Å²) in [6.07, 6.45) is 0. The Morgan fingerprint density at radius 1 is 1.12 bits per heavy atom. The van der Waals surface area contributed by atoms with E-state index in [1.807, 2.05) is 0 Å². The van der Waals surface area contributed by atoms with Crippen molar-refractivity contribution in [2.45, 2.75) is 6.04 Å². The lowest BCUT2D eigenvalue weighted by Gasteiger charge is -2.24. The first-order valence-electron chi connectivity index (χ1n) is 8.23. The molecule has 1 aromatic heterocycles. The van der Waals surface area contributed by atoms with Gasteiger partial charge in [-0.3, -0.25) is 9.59 Å². The molecule has 26 heavy (non-hydrogen) atoms. The summed E-state index contributed by atoms with van der Waals surface area (Å²) in [4.78, 5) is 27.5. The average molecular weight is 353 g/mol. The molecule has 0 unspecified atom stereocenters. The topological polar surface area (TPSA) is 59.8 Å². The summed E-state index contributed by atoms with van der Waals surface area (Å²) in [5.74, 6) is -0.708. The number of rotatable bonds is 4. The number of benzene rings is 2. The molecule has 1 aliphatic rings. The molecule has 1 aliphatic heterocycles. The first-order valence-corrected chi connectivity index (χ1v) is 8.23. The Balaban J connectivity index is 1.96. The van der Waals surface area contributed by atoms with Crippen LogP contribution in [0.2, 0.25) is 0 Å². The third-order valence-corrected chi connectivity index (χ3v) is 4.60. The van der Waals surface area contributed by atoms with Crippen LogP contribution in [0.4, 0.5) is 4.39 Å². The van der Waals surface area contributed by atoms with Crippen molar-refractivity contribution in [3.8, 4) is 0 Å². The van der Waals surface area contributed by atoms with Crippen molar-refractivity contribution in [3.05, 3.63) is 81.5 Å². The van der Waals surface area contributed by atoms with Crippen molar-refractivity contribution in [2.75, 3.05) is 20.3 Å². The fourth-order valence-corrected chi connectivity index (χ4v) is 3.38. The highest BCUT2D eigenvalue weighted by Gasteiger charge is 2.42. The van der Waals surface area contributed by atoms with Crippen LogP contribution in [-0.2, 0) is 4.74 Å². The molecule has 0 saturated carbocycles. The number of amides is 1. The van der Waals surface area contributed by atoms with Gasteiger partial charge in [-0.15, -0.1) is 0 Å². The second-order valence-corrected chi connectivity index (χ2v) is 6.12. The Kier molecular flexibility index (Phi) is 4.05. The fraction of sp³-hybridized carbons (Fsp3) is 0.200. The summed E-state index contributed by atoms with van der Waals surface area (Å²) < 4.78 is 24.2. The largest absolute Gasteiger partial charge is 0.450 e. The zero-order valence-corrected chi connectivity index (χ0v) is 14.1. The highest BCUT2D eigenvalue weighted by Crippen LogP contribution is 2.37. The first-order chi connectivity index (χ1) is 12.6.